The van der Waals surface area contributed by atoms with Gasteiger partial charge in [-0.2, -0.15) is 0 Å². The molecule has 0 aliphatic carbocycles. The third kappa shape index (κ3) is 3.81. The summed E-state index contributed by atoms with van der Waals surface area (Å²) in [6.45, 7) is 8.26. The van der Waals surface area contributed by atoms with Gasteiger partial charge in [0, 0.05) is 6.54 Å². The number of benzene rings is 2. The number of hydrogen-bond acceptors (Lipinski definition) is 4. The van der Waals surface area contributed by atoms with Crippen molar-refractivity contribution >= 4 is 24.4 Å². The summed E-state index contributed by atoms with van der Waals surface area (Å²) >= 11 is 0. The fourth-order valence-corrected chi connectivity index (χ4v) is 3.06. The fourth-order valence-electron chi connectivity index (χ4n) is 3.06. The highest BCUT2D eigenvalue weighted by molar-refractivity contribution is 6.62. The van der Waals surface area contributed by atoms with Crippen molar-refractivity contribution in [3.05, 3.63) is 65.2 Å². The maximum Gasteiger partial charge on any atom is 0.495 e. The molecule has 0 radical (unpaired) electrons. The minimum atomic E-state index is -0.636. The first-order valence-electron chi connectivity index (χ1n) is 9.23. The Morgan fingerprint density at radius 3 is 2.07 bits per heavy atom. The van der Waals surface area contributed by atoms with E-state index in [9.17, 15) is 9.59 Å². The lowest BCUT2D eigenvalue weighted by atomic mass is 9.76. The number of carbonyl (C=O) groups is 2. The summed E-state index contributed by atoms with van der Waals surface area (Å²) in [5, 5.41) is 2.86. The molecule has 7 heteroatoms. The third-order valence-corrected chi connectivity index (χ3v) is 5.44. The first kappa shape index (κ1) is 20.1. The van der Waals surface area contributed by atoms with Gasteiger partial charge in [0.1, 0.15) is 0 Å². The number of hydrogen-bond donors (Lipinski definition) is 2. The molecule has 1 heterocycles. The van der Waals surface area contributed by atoms with Crippen LogP contribution >= 0.6 is 0 Å². The molecule has 3 N–H and O–H groups in total. The molecule has 6 nitrogen and oxygen atoms in total. The molecule has 1 fully saturated rings. The van der Waals surface area contributed by atoms with Crippen molar-refractivity contribution in [1.29, 1.82) is 0 Å². The molecule has 1 aliphatic heterocycles. The van der Waals surface area contributed by atoms with Crippen LogP contribution in [0.4, 0.5) is 0 Å². The highest BCUT2D eigenvalue weighted by Gasteiger charge is 2.52. The summed E-state index contributed by atoms with van der Waals surface area (Å²) in [7, 11) is -0.518. The molecule has 28 heavy (non-hydrogen) atoms. The van der Waals surface area contributed by atoms with Crippen molar-refractivity contribution in [1.82, 2.24) is 5.32 Å². The Bertz CT molecular complexity index is 895. The Balaban J connectivity index is 1.79. The van der Waals surface area contributed by atoms with E-state index in [1.54, 1.807) is 18.2 Å². The molecule has 3 rings (SSSR count). The number of rotatable bonds is 5. The summed E-state index contributed by atoms with van der Waals surface area (Å²) in [4.78, 5) is 24.2. The maximum absolute atomic E-state index is 12.6. The zero-order valence-corrected chi connectivity index (χ0v) is 16.6. The summed E-state index contributed by atoms with van der Waals surface area (Å²) < 4.78 is 12.3. The first-order chi connectivity index (χ1) is 13.1. The van der Waals surface area contributed by atoms with Gasteiger partial charge in [0.05, 0.1) is 22.3 Å². The molecule has 2 amide bonds. The van der Waals surface area contributed by atoms with Crippen LogP contribution in [0.2, 0.25) is 0 Å². The molecule has 0 saturated carbocycles. The summed E-state index contributed by atoms with van der Waals surface area (Å²) in [6, 6.07) is 14.1. The smallest absolute Gasteiger partial charge is 0.399 e. The van der Waals surface area contributed by atoms with E-state index in [0.29, 0.717) is 0 Å². The Morgan fingerprint density at radius 1 is 0.929 bits per heavy atom. The van der Waals surface area contributed by atoms with Crippen LogP contribution in [0, 0.1) is 0 Å². The highest BCUT2D eigenvalue weighted by atomic mass is 16.7. The maximum atomic E-state index is 12.6. The van der Waals surface area contributed by atoms with Crippen LogP contribution in [-0.2, 0) is 15.9 Å². The molecule has 146 valence electrons. The molecular formula is C21H25BN2O4. The van der Waals surface area contributed by atoms with Crippen LogP contribution in [-0.4, -0.2) is 30.1 Å². The summed E-state index contributed by atoms with van der Waals surface area (Å²) in [5.74, 6) is -0.999. The summed E-state index contributed by atoms with van der Waals surface area (Å²) in [5.41, 5.74) is 6.66. The number of nitrogens with two attached hydrogens (primary N) is 1. The lowest BCUT2D eigenvalue weighted by Crippen LogP contribution is -2.41. The number of amides is 2. The van der Waals surface area contributed by atoms with Gasteiger partial charge in [0.2, 0.25) is 5.91 Å². The van der Waals surface area contributed by atoms with Crippen molar-refractivity contribution in [2.45, 2.75) is 45.4 Å². The van der Waals surface area contributed by atoms with E-state index in [1.165, 1.54) is 6.07 Å². The predicted molar refractivity (Wildman–Crippen MR) is 108 cm³/mol. The molecule has 1 saturated heterocycles. The second kappa shape index (κ2) is 7.41. The summed E-state index contributed by atoms with van der Waals surface area (Å²) in [6.07, 6.45) is 0. The zero-order valence-electron chi connectivity index (χ0n) is 16.6. The number of primary amides is 1. The van der Waals surface area contributed by atoms with Crippen LogP contribution < -0.4 is 16.5 Å². The lowest BCUT2D eigenvalue weighted by Gasteiger charge is -2.32. The average molecular weight is 380 g/mol. The quantitative estimate of drug-likeness (QED) is 0.777. The average Bonchev–Trinajstić information content (AvgIpc) is 2.87. The Kier molecular flexibility index (Phi) is 5.32. The Hall–Kier alpha value is -2.64. The van der Waals surface area contributed by atoms with E-state index >= 15 is 0 Å². The van der Waals surface area contributed by atoms with Gasteiger partial charge in [-0.25, -0.2) is 0 Å². The van der Waals surface area contributed by atoms with Gasteiger partial charge in [-0.1, -0.05) is 36.4 Å². The zero-order chi connectivity index (χ0) is 20.5. The van der Waals surface area contributed by atoms with E-state index in [-0.39, 0.29) is 23.6 Å². The molecule has 0 aromatic heterocycles. The predicted octanol–water partition coefficient (Wildman–Crippen LogP) is 2.01. The Labute approximate surface area is 165 Å². The van der Waals surface area contributed by atoms with Crippen LogP contribution in [0.5, 0.6) is 0 Å². The monoisotopic (exact) mass is 380 g/mol. The van der Waals surface area contributed by atoms with E-state index in [4.69, 9.17) is 15.0 Å². The molecule has 2 aromatic rings. The van der Waals surface area contributed by atoms with Crippen molar-refractivity contribution in [2.75, 3.05) is 0 Å². The highest BCUT2D eigenvalue weighted by Crippen LogP contribution is 2.36. The molecule has 0 spiro atoms. The van der Waals surface area contributed by atoms with Gasteiger partial charge in [0.25, 0.3) is 5.91 Å². The number of carbonyl (C=O) groups excluding carboxylic acids is 2. The first-order valence-corrected chi connectivity index (χ1v) is 9.23. The molecular weight excluding hydrogens is 355 g/mol. The minimum Gasteiger partial charge on any atom is -0.399 e. The molecule has 0 bridgehead atoms. The van der Waals surface area contributed by atoms with Gasteiger partial charge >= 0.3 is 7.12 Å². The van der Waals surface area contributed by atoms with E-state index < -0.39 is 24.2 Å². The van der Waals surface area contributed by atoms with Crippen molar-refractivity contribution in [3.63, 3.8) is 0 Å². The van der Waals surface area contributed by atoms with Gasteiger partial charge in [-0.15, -0.1) is 0 Å². The topological polar surface area (TPSA) is 90.6 Å². The van der Waals surface area contributed by atoms with Crippen molar-refractivity contribution in [3.8, 4) is 0 Å². The van der Waals surface area contributed by atoms with Crippen LogP contribution in [0.25, 0.3) is 0 Å². The van der Waals surface area contributed by atoms with Crippen LogP contribution in [0.3, 0.4) is 0 Å². The molecule has 0 unspecified atom stereocenters. The van der Waals surface area contributed by atoms with Gasteiger partial charge in [-0.3, -0.25) is 9.59 Å². The van der Waals surface area contributed by atoms with Gasteiger partial charge in [0.15, 0.2) is 0 Å². The Morgan fingerprint density at radius 2 is 1.46 bits per heavy atom. The third-order valence-electron chi connectivity index (χ3n) is 5.44. The van der Waals surface area contributed by atoms with Gasteiger partial charge in [-0.05, 0) is 50.9 Å². The molecule has 1 aliphatic rings. The van der Waals surface area contributed by atoms with E-state index in [0.717, 1.165) is 11.0 Å². The van der Waals surface area contributed by atoms with Crippen molar-refractivity contribution < 1.29 is 18.9 Å². The fraction of sp³-hybridized carbons (Fsp3) is 0.333. The minimum absolute atomic E-state index is 0.194. The van der Waals surface area contributed by atoms with Gasteiger partial charge < -0.3 is 20.4 Å². The number of nitrogens with one attached hydrogen (secondary N) is 1. The second-order valence-electron chi connectivity index (χ2n) is 7.88. The SMILES string of the molecule is CC1(C)OB(c2ccccc2CNC(=O)c2ccccc2C(N)=O)OC1(C)C. The van der Waals surface area contributed by atoms with Crippen molar-refractivity contribution in [2.24, 2.45) is 5.73 Å². The lowest BCUT2D eigenvalue weighted by molar-refractivity contribution is 0.00578. The standard InChI is InChI=1S/C21H25BN2O4/c1-20(2)21(3,4)28-22(27-20)17-12-8-5-9-14(17)13-24-19(26)16-11-7-6-10-15(16)18(23)25/h5-12H,13H2,1-4H3,(H2,23,25)(H,24,26). The van der Waals surface area contributed by atoms with E-state index in [1.807, 2.05) is 52.0 Å². The van der Waals surface area contributed by atoms with Crippen LogP contribution in [0.15, 0.2) is 48.5 Å². The van der Waals surface area contributed by atoms with Crippen LogP contribution in [0.1, 0.15) is 54.0 Å². The normalized spacial score (nSPS) is 17.4. The molecule has 0 atom stereocenters. The molecule has 2 aromatic carbocycles. The second-order valence-corrected chi connectivity index (χ2v) is 7.88. The van der Waals surface area contributed by atoms with E-state index in [2.05, 4.69) is 5.32 Å². The largest absolute Gasteiger partial charge is 0.495 e.